The fraction of sp³-hybridized carbons (Fsp3) is 0.250. The number of fused-ring (bicyclic) bond motifs is 3. The summed E-state index contributed by atoms with van der Waals surface area (Å²) >= 11 is 0. The van der Waals surface area contributed by atoms with Crippen molar-refractivity contribution >= 4 is 10.9 Å². The summed E-state index contributed by atoms with van der Waals surface area (Å²) in [6.07, 6.45) is 6.07. The van der Waals surface area contributed by atoms with Crippen LogP contribution in [0.25, 0.3) is 10.9 Å². The van der Waals surface area contributed by atoms with E-state index in [2.05, 4.69) is 35.7 Å². The molecule has 1 heterocycles. The molecule has 1 N–H and O–H groups in total. The number of aromatic amines is 1. The average molecular weight is 259 g/mol. The second kappa shape index (κ2) is 4.08. The number of hydrogen-bond acceptors (Lipinski definition) is 0. The molecule has 0 atom stereocenters. The van der Waals surface area contributed by atoms with E-state index in [0.717, 1.165) is 0 Å². The predicted octanol–water partition coefficient (Wildman–Crippen LogP) is 3.05. The zero-order chi connectivity index (χ0) is 8.67. The molecule has 0 bridgehead atoms. The number of aromatic nitrogens is 1. The van der Waals surface area contributed by atoms with Crippen molar-refractivity contribution in [3.8, 4) is 0 Å². The molecule has 69 valence electrons. The molecule has 1 aliphatic carbocycles. The van der Waals surface area contributed by atoms with E-state index in [1.165, 1.54) is 41.4 Å². The Bertz CT molecular complexity index is 445. The first-order chi connectivity index (χ1) is 6.45. The molecule has 0 amide bonds. The van der Waals surface area contributed by atoms with Gasteiger partial charge in [-0.3, -0.25) is 0 Å². The maximum Gasteiger partial charge on any atom is 0.0253 e. The fourth-order valence-electron chi connectivity index (χ4n) is 2.19. The molecule has 14 heavy (non-hydrogen) atoms. The monoisotopic (exact) mass is 259 g/mol. The summed E-state index contributed by atoms with van der Waals surface area (Å²) in [4.78, 5) is 3.46. The van der Waals surface area contributed by atoms with Crippen LogP contribution < -0.4 is 0 Å². The molecule has 0 fully saturated rings. The first kappa shape index (κ1) is 10.3. The van der Waals surface area contributed by atoms with Crippen LogP contribution in [0.2, 0.25) is 0 Å². The molecule has 2 heteroatoms. The van der Waals surface area contributed by atoms with Crippen LogP contribution in [-0.4, -0.2) is 4.98 Å². The van der Waals surface area contributed by atoms with Gasteiger partial charge in [-0.25, -0.2) is 6.42 Å². The van der Waals surface area contributed by atoms with Gasteiger partial charge in [0.1, 0.15) is 0 Å². The van der Waals surface area contributed by atoms with Crippen molar-refractivity contribution in [1.29, 1.82) is 0 Å². The smallest absolute Gasteiger partial charge is 0.0253 e. The van der Waals surface area contributed by atoms with E-state index in [4.69, 9.17) is 0 Å². The molecule has 0 aliphatic heterocycles. The van der Waals surface area contributed by atoms with Gasteiger partial charge in [0.05, 0.1) is 0 Å². The van der Waals surface area contributed by atoms with Crippen molar-refractivity contribution in [3.05, 3.63) is 41.9 Å². The van der Waals surface area contributed by atoms with Crippen molar-refractivity contribution in [2.75, 3.05) is 0 Å². The van der Waals surface area contributed by atoms with Gasteiger partial charge < -0.3 is 4.98 Å². The van der Waals surface area contributed by atoms with Crippen LogP contribution >= 0.6 is 0 Å². The van der Waals surface area contributed by atoms with E-state index < -0.39 is 0 Å². The normalized spacial score (nSPS) is 14.3. The average Bonchev–Trinajstić information content (AvgIpc) is 2.56. The van der Waals surface area contributed by atoms with Crippen LogP contribution in [0, 0.1) is 6.42 Å². The number of benzene rings is 1. The Labute approximate surface area is 109 Å². The minimum Gasteiger partial charge on any atom is -0.390 e. The second-order valence-corrected chi connectivity index (χ2v) is 3.66. The van der Waals surface area contributed by atoms with Crippen molar-refractivity contribution in [2.45, 2.75) is 19.3 Å². The van der Waals surface area contributed by atoms with Crippen molar-refractivity contribution in [1.82, 2.24) is 4.98 Å². The van der Waals surface area contributed by atoms with E-state index in [1.54, 1.807) is 0 Å². The zero-order valence-electron chi connectivity index (χ0n) is 8.09. The van der Waals surface area contributed by atoms with Gasteiger partial charge in [0, 0.05) is 38.2 Å². The fourth-order valence-corrected chi connectivity index (χ4v) is 2.19. The first-order valence-electron chi connectivity index (χ1n) is 4.88. The van der Waals surface area contributed by atoms with Gasteiger partial charge in [0.15, 0.2) is 0 Å². The van der Waals surface area contributed by atoms with Gasteiger partial charge in [0.25, 0.3) is 0 Å². The Kier molecular flexibility index (Phi) is 2.99. The molecule has 3 rings (SSSR count). The van der Waals surface area contributed by atoms with Gasteiger partial charge in [-0.2, -0.15) is 5.56 Å². The number of rotatable bonds is 0. The van der Waals surface area contributed by atoms with E-state index >= 15 is 0 Å². The third kappa shape index (κ3) is 1.53. The molecule has 0 unspecified atom stereocenters. The Morgan fingerprint density at radius 3 is 3.00 bits per heavy atom. The summed E-state index contributed by atoms with van der Waals surface area (Å²) < 4.78 is 0. The molecule has 1 nitrogen and oxygen atoms in total. The quantitative estimate of drug-likeness (QED) is 0.700. The molecule has 1 aliphatic rings. The molecular weight excluding hydrogens is 247 g/mol. The van der Waals surface area contributed by atoms with E-state index in [0.29, 0.717) is 0 Å². The maximum atomic E-state index is 3.46. The molecule has 0 saturated heterocycles. The van der Waals surface area contributed by atoms with E-state index in [1.807, 2.05) is 0 Å². The maximum absolute atomic E-state index is 3.46. The predicted molar refractivity (Wildman–Crippen MR) is 54.6 cm³/mol. The number of aryl methyl sites for hydroxylation is 1. The second-order valence-electron chi connectivity index (χ2n) is 3.66. The molecule has 2 aromatic rings. The largest absolute Gasteiger partial charge is 0.390 e. The van der Waals surface area contributed by atoms with E-state index in [-0.39, 0.29) is 32.7 Å². The van der Waals surface area contributed by atoms with Gasteiger partial charge in [-0.05, 0) is 6.07 Å². The summed E-state index contributed by atoms with van der Waals surface area (Å²) in [5.41, 5.74) is 4.15. The number of H-pyrrole nitrogens is 1. The molecule has 1 aromatic heterocycles. The third-order valence-electron chi connectivity index (χ3n) is 2.83. The van der Waals surface area contributed by atoms with Gasteiger partial charge in [-0.15, -0.1) is 12.1 Å². The summed E-state index contributed by atoms with van der Waals surface area (Å²) in [5.74, 6) is 0. The standard InChI is InChI=1S/C12H12N.Y/c1-3-7-11-9(5-1)10-6-2-4-8-12(10)13-11;/h1,3,5,7-8,13H,2,4,6H2;/q-1;. The Hall–Kier alpha value is -0.266. The Morgan fingerprint density at radius 1 is 1.21 bits per heavy atom. The van der Waals surface area contributed by atoms with Crippen LogP contribution in [0.3, 0.4) is 0 Å². The van der Waals surface area contributed by atoms with Crippen LogP contribution in [0.15, 0.2) is 24.3 Å². The summed E-state index contributed by atoms with van der Waals surface area (Å²) in [6, 6.07) is 8.57. The van der Waals surface area contributed by atoms with E-state index in [9.17, 15) is 0 Å². The van der Waals surface area contributed by atoms with Crippen LogP contribution in [0.4, 0.5) is 0 Å². The Morgan fingerprint density at radius 2 is 2.07 bits per heavy atom. The number of nitrogens with one attached hydrogen (secondary N) is 1. The molecular formula is C12H12NY-. The molecule has 1 aromatic carbocycles. The Balaban J connectivity index is 0.000000750. The summed E-state index contributed by atoms with van der Waals surface area (Å²) in [7, 11) is 0. The number of para-hydroxylation sites is 1. The van der Waals surface area contributed by atoms with Gasteiger partial charge in [-0.1, -0.05) is 36.4 Å². The zero-order valence-corrected chi connectivity index (χ0v) is 10.9. The minimum atomic E-state index is 0. The summed E-state index contributed by atoms with van der Waals surface area (Å²) in [6.45, 7) is 0. The SMILES string of the molecule is [Y].c1ccc2c3c([nH]c2c1)[CH-]CCC3. The topological polar surface area (TPSA) is 15.8 Å². The van der Waals surface area contributed by atoms with Crippen LogP contribution in [-0.2, 0) is 39.1 Å². The minimum absolute atomic E-state index is 0. The molecule has 1 radical (unpaired) electrons. The third-order valence-corrected chi connectivity index (χ3v) is 2.83. The first-order valence-corrected chi connectivity index (χ1v) is 4.88. The van der Waals surface area contributed by atoms with Crippen molar-refractivity contribution < 1.29 is 32.7 Å². The summed E-state index contributed by atoms with van der Waals surface area (Å²) in [5, 5.41) is 1.41. The van der Waals surface area contributed by atoms with Gasteiger partial charge >= 0.3 is 0 Å². The van der Waals surface area contributed by atoms with Crippen molar-refractivity contribution in [3.63, 3.8) is 0 Å². The molecule has 0 saturated carbocycles. The van der Waals surface area contributed by atoms with Crippen LogP contribution in [0.1, 0.15) is 24.1 Å². The number of hydrogen-bond donors (Lipinski definition) is 1. The van der Waals surface area contributed by atoms with Gasteiger partial charge in [0.2, 0.25) is 0 Å². The van der Waals surface area contributed by atoms with Crippen LogP contribution in [0.5, 0.6) is 0 Å². The van der Waals surface area contributed by atoms with Crippen molar-refractivity contribution in [2.24, 2.45) is 0 Å². The molecule has 0 spiro atoms.